The van der Waals surface area contributed by atoms with Gasteiger partial charge in [-0.1, -0.05) is 104 Å². The first kappa shape index (κ1) is 78.0. The van der Waals surface area contributed by atoms with Crippen molar-refractivity contribution < 1.29 is 76.9 Å². The zero-order valence-electron chi connectivity index (χ0n) is 56.8. The van der Waals surface area contributed by atoms with Gasteiger partial charge in [-0.25, -0.2) is 14.4 Å². The number of carbonyl (C=O) groups is 12. The number of carboxylic acid groups (broad SMARTS) is 1. The quantitative estimate of drug-likeness (QED) is 0.0341. The van der Waals surface area contributed by atoms with Crippen LogP contribution in [0.15, 0.2) is 66.7 Å². The second-order valence-electron chi connectivity index (χ2n) is 25.5. The van der Waals surface area contributed by atoms with Crippen molar-refractivity contribution in [1.29, 1.82) is 0 Å². The van der Waals surface area contributed by atoms with E-state index in [0.717, 1.165) is 15.4 Å². The summed E-state index contributed by atoms with van der Waals surface area (Å²) in [4.78, 5) is 164. The van der Waals surface area contributed by atoms with E-state index in [1.54, 1.807) is 95.1 Å². The van der Waals surface area contributed by atoms with Crippen molar-refractivity contribution in [2.24, 2.45) is 29.4 Å². The van der Waals surface area contributed by atoms with E-state index in [1.807, 2.05) is 19.9 Å². The fraction of sp³-hybridized carbons (Fsp3) is 0.612. The summed E-state index contributed by atoms with van der Waals surface area (Å²) in [5, 5.41) is 26.3. The summed E-state index contributed by atoms with van der Waals surface area (Å²) in [7, 11) is 5.91. The Morgan fingerprint density at radius 3 is 1.95 bits per heavy atom. The predicted octanol–water partition coefficient (Wildman–Crippen LogP) is 4.40. The van der Waals surface area contributed by atoms with Crippen molar-refractivity contribution >= 4 is 76.9 Å². The molecule has 1 fully saturated rings. The van der Waals surface area contributed by atoms with E-state index in [1.165, 1.54) is 52.2 Å². The van der Waals surface area contributed by atoms with Gasteiger partial charge >= 0.3 is 18.1 Å². The highest BCUT2D eigenvalue weighted by atomic mass is 16.6. The molecule has 27 heteroatoms. The van der Waals surface area contributed by atoms with Crippen molar-refractivity contribution in [3.8, 4) is 0 Å². The number of benzene rings is 2. The number of primary amides is 1. The third-order valence-corrected chi connectivity index (χ3v) is 17.7. The van der Waals surface area contributed by atoms with Gasteiger partial charge in [0.2, 0.25) is 41.4 Å². The molecule has 0 unspecified atom stereocenters. The maximum atomic E-state index is 14.7. The lowest BCUT2D eigenvalue weighted by Gasteiger charge is -2.41. The molecule has 10 atom stereocenters. The second-order valence-corrected chi connectivity index (χ2v) is 25.5. The van der Waals surface area contributed by atoms with Crippen molar-refractivity contribution in [2.45, 2.75) is 194 Å². The molecule has 2 aromatic rings. The Labute approximate surface area is 552 Å². The molecule has 0 aromatic heterocycles. The molecular formula is C67H101N11O16. The second kappa shape index (κ2) is 37.4. The fourth-order valence-electron chi connectivity index (χ4n) is 11.5. The van der Waals surface area contributed by atoms with E-state index in [9.17, 15) is 62.6 Å². The summed E-state index contributed by atoms with van der Waals surface area (Å²) < 4.78 is 17.6. The van der Waals surface area contributed by atoms with Gasteiger partial charge in [0.1, 0.15) is 36.3 Å². The van der Waals surface area contributed by atoms with Crippen LogP contribution >= 0.6 is 0 Å². The smallest absolute Gasteiger partial charge is 0.410 e. The van der Waals surface area contributed by atoms with E-state index in [2.05, 4.69) is 31.9 Å². The minimum atomic E-state index is -1.57. The molecule has 9 N–H and O–H groups in total. The summed E-state index contributed by atoms with van der Waals surface area (Å²) in [6.07, 6.45) is 3.54. The molecule has 94 heavy (non-hydrogen) atoms. The third-order valence-electron chi connectivity index (χ3n) is 17.7. The number of imide groups is 1. The van der Waals surface area contributed by atoms with Crippen LogP contribution in [0.3, 0.4) is 0 Å². The zero-order chi connectivity index (χ0) is 70.1. The number of urea groups is 1. The monoisotopic (exact) mass is 1320 g/mol. The van der Waals surface area contributed by atoms with Crippen molar-refractivity contribution in [2.75, 3.05) is 53.3 Å². The molecule has 0 radical (unpaired) electrons. The number of likely N-dealkylation sites (N-methyl/N-ethyl adjacent to an activating group) is 2. The lowest BCUT2D eigenvalue weighted by Crippen LogP contribution is -2.62. The molecule has 0 aliphatic carbocycles. The molecule has 2 aliphatic heterocycles. The number of unbranched alkanes of at least 4 members (excludes halogenated alkanes) is 2. The molecule has 520 valence electrons. The van der Waals surface area contributed by atoms with Crippen LogP contribution < -0.4 is 37.6 Å². The number of likely N-dealkylation sites (tertiary alicyclic amines) is 1. The fourth-order valence-corrected chi connectivity index (χ4v) is 11.5. The van der Waals surface area contributed by atoms with Gasteiger partial charge in [0.25, 0.3) is 11.8 Å². The number of nitrogens with two attached hydrogens (primary N) is 1. The van der Waals surface area contributed by atoms with Crippen LogP contribution in [0.1, 0.15) is 138 Å². The Bertz CT molecular complexity index is 2940. The highest BCUT2D eigenvalue weighted by Gasteiger charge is 2.45. The van der Waals surface area contributed by atoms with E-state index < -0.39 is 119 Å². The number of ether oxygens (including phenoxy) is 3. The highest BCUT2D eigenvalue weighted by molar-refractivity contribution is 6.12. The van der Waals surface area contributed by atoms with Crippen LogP contribution in [0, 0.1) is 23.7 Å². The van der Waals surface area contributed by atoms with Gasteiger partial charge in [-0.05, 0) is 93.4 Å². The number of carboxylic acids is 1. The lowest BCUT2D eigenvalue weighted by atomic mass is 9.89. The van der Waals surface area contributed by atoms with E-state index in [4.69, 9.17) is 19.9 Å². The Hall–Kier alpha value is -8.46. The maximum absolute atomic E-state index is 14.7. The van der Waals surface area contributed by atoms with Crippen molar-refractivity contribution in [3.63, 3.8) is 0 Å². The van der Waals surface area contributed by atoms with E-state index >= 15 is 0 Å². The van der Waals surface area contributed by atoms with Crippen molar-refractivity contribution in [1.82, 2.24) is 46.2 Å². The number of amides is 12. The van der Waals surface area contributed by atoms with E-state index in [0.29, 0.717) is 56.3 Å². The molecule has 2 aliphatic rings. The summed E-state index contributed by atoms with van der Waals surface area (Å²) >= 11 is 0. The van der Waals surface area contributed by atoms with Gasteiger partial charge in [-0.15, -0.1) is 0 Å². The highest BCUT2D eigenvalue weighted by Crippen LogP contribution is 2.30. The number of nitrogens with zero attached hydrogens (tertiary/aromatic N) is 4. The number of methoxy groups -OCH3 is 2. The minimum Gasteiger partial charge on any atom is -0.480 e. The summed E-state index contributed by atoms with van der Waals surface area (Å²) in [5.41, 5.74) is 5.24. The summed E-state index contributed by atoms with van der Waals surface area (Å²) in [5.74, 6) is -7.35. The largest absolute Gasteiger partial charge is 0.480 e. The van der Waals surface area contributed by atoms with Crippen LogP contribution in [-0.2, 0) is 75.2 Å². The zero-order valence-corrected chi connectivity index (χ0v) is 56.8. The topological polar surface area (TPSA) is 364 Å². The minimum absolute atomic E-state index is 0.0747. The normalized spacial score (nSPS) is 16.8. The number of nitrogens with one attached hydrogen (secondary N) is 6. The molecule has 4 rings (SSSR count). The first-order chi connectivity index (χ1) is 44.4. The van der Waals surface area contributed by atoms with Crippen LogP contribution in [0.5, 0.6) is 0 Å². The average molecular weight is 1320 g/mol. The molecular weight excluding hydrogens is 1210 g/mol. The summed E-state index contributed by atoms with van der Waals surface area (Å²) in [6.45, 7) is 16.0. The van der Waals surface area contributed by atoms with E-state index in [-0.39, 0.29) is 81.4 Å². The molecule has 0 bridgehead atoms. The Kier molecular flexibility index (Phi) is 31.1. The predicted molar refractivity (Wildman–Crippen MR) is 350 cm³/mol. The molecule has 1 saturated heterocycles. The summed E-state index contributed by atoms with van der Waals surface area (Å²) in [6, 6.07) is 8.91. The van der Waals surface area contributed by atoms with Gasteiger partial charge in [0, 0.05) is 78.6 Å². The Balaban J connectivity index is 1.36. The standard InChI is InChI=1S/C67H101N11O16/c1-14-42(6)57(50(92-12)38-54(82)77-36-22-26-49(77)58(93-13)43(7)59(83)72-48(63(87)88)37-44-23-17-15-18-24-44)75(10)62(86)56(41(4)5)74-64(89)67(8,9)76(11)66(91)94-39-45-28-30-46(31-29-45)70-60(84)47(25-21-34-69-65(68)90)71-61(85)55(40(2)3)73-51(79)27-19-16-20-35-78-52(80)32-33-53(78)81/h15,17-18,23-24,28-33,40-43,47-50,55-58H,14,16,19-22,25-27,34-39H2,1-13H3,(H,70,84)(H,71,85)(H,72,83)(H,73,79)(H,74,89)(H,87,88)(H3,68,69,90)/t42-,43+,47-,48-,49-,50+,55-,56-,57-,58+/m0/s1. The molecule has 27 nitrogen and oxygen atoms in total. The van der Waals surface area contributed by atoms with Gasteiger partial charge in [-0.3, -0.25) is 53.0 Å². The SMILES string of the molecule is CC[C@H](C)[C@@H]([C@@H](CC(=O)N1CCC[C@H]1[C@H](OC)[C@@H](C)C(=O)N[C@@H](Cc1ccccc1)C(=O)O)OC)N(C)C(=O)[C@@H](NC(=O)C(C)(C)N(C)C(=O)OCc1ccc(NC(=O)[C@H](CCCNC(N)=O)NC(=O)[C@@H](NC(=O)CCCCCN2C(=O)C=CC2=O)C(C)C)cc1)C(C)C. The van der Waals surface area contributed by atoms with Gasteiger partial charge in [0.15, 0.2) is 0 Å². The van der Waals surface area contributed by atoms with Crippen molar-refractivity contribution in [3.05, 3.63) is 77.9 Å². The number of aliphatic carboxylic acids is 1. The lowest BCUT2D eigenvalue weighted by molar-refractivity contribution is -0.148. The molecule has 0 spiro atoms. The van der Waals surface area contributed by atoms with Gasteiger partial charge in [0.05, 0.1) is 36.6 Å². The maximum Gasteiger partial charge on any atom is 0.410 e. The number of hydrogen-bond acceptors (Lipinski definition) is 15. The van der Waals surface area contributed by atoms with Crippen LogP contribution in [0.25, 0.3) is 0 Å². The first-order valence-electron chi connectivity index (χ1n) is 32.3. The van der Waals surface area contributed by atoms with Crippen LogP contribution in [-0.4, -0.2) is 198 Å². The average Bonchev–Trinajstić information content (AvgIpc) is 1.23. The number of carbonyl (C=O) groups excluding carboxylic acids is 11. The Morgan fingerprint density at radius 1 is 0.745 bits per heavy atom. The molecule has 0 saturated carbocycles. The van der Waals surface area contributed by atoms with Gasteiger partial charge < -0.3 is 66.8 Å². The number of anilines is 1. The Morgan fingerprint density at radius 2 is 1.37 bits per heavy atom. The third kappa shape index (κ3) is 22.6. The molecule has 2 aromatic carbocycles. The molecule has 2 heterocycles. The van der Waals surface area contributed by atoms with Crippen LogP contribution in [0.4, 0.5) is 15.3 Å². The first-order valence-corrected chi connectivity index (χ1v) is 32.3. The van der Waals surface area contributed by atoms with Gasteiger partial charge in [-0.2, -0.15) is 0 Å². The number of rotatable bonds is 38. The molecule has 12 amide bonds. The number of hydrogen-bond donors (Lipinski definition) is 8. The van der Waals surface area contributed by atoms with Crippen LogP contribution in [0.2, 0.25) is 0 Å².